The van der Waals surface area contributed by atoms with Crippen LogP contribution < -0.4 is 9.64 Å². The summed E-state index contributed by atoms with van der Waals surface area (Å²) in [6, 6.07) is 15.3. The fourth-order valence-corrected chi connectivity index (χ4v) is 4.86. The molecular weight excluding hydrogens is 485 g/mol. The van der Waals surface area contributed by atoms with Crippen LogP contribution in [0.25, 0.3) is 0 Å². The number of pyridine rings is 1. The van der Waals surface area contributed by atoms with Crippen molar-refractivity contribution in [2.75, 3.05) is 44.3 Å². The van der Waals surface area contributed by atoms with Crippen LogP contribution in [-0.2, 0) is 12.2 Å². The molecule has 0 bridgehead atoms. The maximum Gasteiger partial charge on any atom is 0.123 e. The molecule has 1 aromatic heterocycles. The van der Waals surface area contributed by atoms with E-state index >= 15 is 0 Å². The van der Waals surface area contributed by atoms with Gasteiger partial charge < -0.3 is 25.0 Å². The lowest BCUT2D eigenvalue weighted by molar-refractivity contribution is 0.00997. The standard InChI is InChI=1S/C27H31ClFN3O4/c1-27(35,20-4-7-22(17-34)30-15-20)18-31-10-11-32(26(16-31)19-2-5-21(29)6-3-19)25-9-8-23(14-24(25)28)36-13-12-33/h2-9,14-15,26,33-35H,10-13,16-18H2,1H3/t26-,27+/m0/s1. The Morgan fingerprint density at radius 3 is 2.53 bits per heavy atom. The number of piperazine rings is 1. The summed E-state index contributed by atoms with van der Waals surface area (Å²) in [4.78, 5) is 8.57. The minimum absolute atomic E-state index is 0.0839. The summed E-state index contributed by atoms with van der Waals surface area (Å²) in [6.45, 7) is 3.98. The number of ether oxygens (including phenoxy) is 1. The third-order valence-electron chi connectivity index (χ3n) is 6.45. The molecule has 1 aliphatic rings. The minimum Gasteiger partial charge on any atom is -0.491 e. The van der Waals surface area contributed by atoms with Gasteiger partial charge in [0.15, 0.2) is 0 Å². The number of aromatic nitrogens is 1. The van der Waals surface area contributed by atoms with Crippen LogP contribution in [0.2, 0.25) is 5.02 Å². The van der Waals surface area contributed by atoms with E-state index in [0.29, 0.717) is 48.2 Å². The molecule has 0 spiro atoms. The molecular formula is C27H31ClFN3O4. The molecule has 1 aliphatic heterocycles. The lowest BCUT2D eigenvalue weighted by Crippen LogP contribution is -2.52. The number of benzene rings is 2. The zero-order valence-corrected chi connectivity index (χ0v) is 20.9. The second-order valence-corrected chi connectivity index (χ2v) is 9.56. The Bertz CT molecular complexity index is 1140. The van der Waals surface area contributed by atoms with E-state index in [1.165, 1.54) is 12.1 Å². The van der Waals surface area contributed by atoms with Gasteiger partial charge in [-0.1, -0.05) is 29.8 Å². The first kappa shape index (κ1) is 26.3. The number of hydrogen-bond donors (Lipinski definition) is 3. The molecule has 7 nitrogen and oxygen atoms in total. The van der Waals surface area contributed by atoms with Gasteiger partial charge in [-0.05, 0) is 42.8 Å². The maximum atomic E-state index is 13.7. The summed E-state index contributed by atoms with van der Waals surface area (Å²) in [5, 5.41) is 30.0. The van der Waals surface area contributed by atoms with Crippen molar-refractivity contribution >= 4 is 17.3 Å². The first-order valence-electron chi connectivity index (χ1n) is 11.9. The average Bonchev–Trinajstić information content (AvgIpc) is 2.88. The van der Waals surface area contributed by atoms with E-state index in [9.17, 15) is 14.6 Å². The molecule has 0 unspecified atom stereocenters. The third kappa shape index (κ3) is 6.14. The minimum atomic E-state index is -1.15. The van der Waals surface area contributed by atoms with E-state index in [2.05, 4.69) is 14.8 Å². The van der Waals surface area contributed by atoms with Gasteiger partial charge in [-0.3, -0.25) is 9.88 Å². The van der Waals surface area contributed by atoms with E-state index in [-0.39, 0.29) is 31.7 Å². The highest BCUT2D eigenvalue weighted by molar-refractivity contribution is 6.33. The highest BCUT2D eigenvalue weighted by atomic mass is 35.5. The summed E-state index contributed by atoms with van der Waals surface area (Å²) in [7, 11) is 0. The van der Waals surface area contributed by atoms with Crippen LogP contribution in [0.5, 0.6) is 5.75 Å². The summed E-state index contributed by atoms with van der Waals surface area (Å²) in [6.07, 6.45) is 1.60. The number of anilines is 1. The van der Waals surface area contributed by atoms with E-state index in [0.717, 1.165) is 11.3 Å². The molecule has 2 atom stereocenters. The zero-order chi connectivity index (χ0) is 25.7. The quantitative estimate of drug-likeness (QED) is 0.402. The monoisotopic (exact) mass is 515 g/mol. The van der Waals surface area contributed by atoms with Gasteiger partial charge in [0.2, 0.25) is 0 Å². The van der Waals surface area contributed by atoms with Crippen molar-refractivity contribution < 1.29 is 24.4 Å². The molecule has 2 heterocycles. The first-order chi connectivity index (χ1) is 17.3. The normalized spacial score (nSPS) is 18.2. The highest BCUT2D eigenvalue weighted by Gasteiger charge is 2.34. The largest absolute Gasteiger partial charge is 0.491 e. The van der Waals surface area contributed by atoms with Crippen molar-refractivity contribution in [3.05, 3.63) is 88.5 Å². The van der Waals surface area contributed by atoms with Gasteiger partial charge >= 0.3 is 0 Å². The predicted octanol–water partition coefficient (Wildman–Crippen LogP) is 3.51. The van der Waals surface area contributed by atoms with Gasteiger partial charge in [0, 0.05) is 44.0 Å². The van der Waals surface area contributed by atoms with Crippen LogP contribution in [0.15, 0.2) is 60.8 Å². The molecule has 0 amide bonds. The summed E-state index contributed by atoms with van der Waals surface area (Å²) >= 11 is 6.64. The summed E-state index contributed by atoms with van der Waals surface area (Å²) in [5.74, 6) is 0.273. The molecule has 3 aromatic rings. The Morgan fingerprint density at radius 2 is 1.89 bits per heavy atom. The average molecular weight is 516 g/mol. The maximum absolute atomic E-state index is 13.7. The van der Waals surface area contributed by atoms with E-state index in [1.54, 1.807) is 43.5 Å². The van der Waals surface area contributed by atoms with Crippen molar-refractivity contribution in [2.45, 2.75) is 25.2 Å². The molecule has 2 aromatic carbocycles. The lowest BCUT2D eigenvalue weighted by Gasteiger charge is -2.45. The Kier molecular flexibility index (Phi) is 8.43. The Hall–Kier alpha value is -2.75. The molecule has 3 N–H and O–H groups in total. The highest BCUT2D eigenvalue weighted by Crippen LogP contribution is 2.38. The smallest absolute Gasteiger partial charge is 0.123 e. The van der Waals surface area contributed by atoms with Crippen LogP contribution in [0, 0.1) is 5.82 Å². The third-order valence-corrected chi connectivity index (χ3v) is 6.75. The van der Waals surface area contributed by atoms with Gasteiger partial charge in [0.05, 0.1) is 35.7 Å². The van der Waals surface area contributed by atoms with Gasteiger partial charge in [0.1, 0.15) is 23.8 Å². The van der Waals surface area contributed by atoms with Gasteiger partial charge in [-0.2, -0.15) is 0 Å². The summed E-state index contributed by atoms with van der Waals surface area (Å²) in [5.41, 5.74) is 1.83. The molecule has 4 rings (SSSR count). The SMILES string of the molecule is C[C@@](O)(CN1CCN(c2ccc(OCCO)cc2Cl)[C@H](c2ccc(F)cc2)C1)c1ccc(CO)nc1. The number of aliphatic hydroxyl groups is 3. The van der Waals surface area contributed by atoms with Crippen molar-refractivity contribution in [1.29, 1.82) is 0 Å². The lowest BCUT2D eigenvalue weighted by atomic mass is 9.94. The Balaban J connectivity index is 1.57. The van der Waals surface area contributed by atoms with Crippen LogP contribution in [0.3, 0.4) is 0 Å². The molecule has 1 saturated heterocycles. The number of β-amino-alcohol motifs (C(OH)–C–C–N with tert-alkyl or cyclic N) is 1. The topological polar surface area (TPSA) is 89.3 Å². The molecule has 1 fully saturated rings. The van der Waals surface area contributed by atoms with Crippen LogP contribution in [0.1, 0.15) is 29.8 Å². The molecule has 0 aliphatic carbocycles. The second kappa shape index (κ2) is 11.5. The van der Waals surface area contributed by atoms with Gasteiger partial charge in [0.25, 0.3) is 0 Å². The number of halogens is 2. The van der Waals surface area contributed by atoms with Crippen LogP contribution >= 0.6 is 11.6 Å². The van der Waals surface area contributed by atoms with Gasteiger partial charge in [-0.25, -0.2) is 4.39 Å². The predicted molar refractivity (Wildman–Crippen MR) is 137 cm³/mol. The number of nitrogens with zero attached hydrogens (tertiary/aromatic N) is 3. The van der Waals surface area contributed by atoms with E-state index < -0.39 is 5.60 Å². The van der Waals surface area contributed by atoms with Crippen molar-refractivity contribution in [3.8, 4) is 5.75 Å². The van der Waals surface area contributed by atoms with E-state index in [1.807, 2.05) is 12.1 Å². The number of hydrogen-bond acceptors (Lipinski definition) is 7. The zero-order valence-electron chi connectivity index (χ0n) is 20.1. The van der Waals surface area contributed by atoms with Crippen LogP contribution in [0.4, 0.5) is 10.1 Å². The van der Waals surface area contributed by atoms with Gasteiger partial charge in [-0.15, -0.1) is 0 Å². The van der Waals surface area contributed by atoms with Crippen molar-refractivity contribution in [3.63, 3.8) is 0 Å². The fourth-order valence-electron chi connectivity index (χ4n) is 4.58. The number of aliphatic hydroxyl groups excluding tert-OH is 2. The molecule has 36 heavy (non-hydrogen) atoms. The molecule has 192 valence electrons. The van der Waals surface area contributed by atoms with Crippen molar-refractivity contribution in [2.24, 2.45) is 0 Å². The Labute approximate surface area is 215 Å². The fraction of sp³-hybridized carbons (Fsp3) is 0.370. The Morgan fingerprint density at radius 1 is 1.11 bits per heavy atom. The van der Waals surface area contributed by atoms with Crippen LogP contribution in [-0.4, -0.2) is 64.6 Å². The molecule has 0 radical (unpaired) electrons. The van der Waals surface area contributed by atoms with E-state index in [4.69, 9.17) is 21.4 Å². The first-order valence-corrected chi connectivity index (χ1v) is 12.2. The second-order valence-electron chi connectivity index (χ2n) is 9.15. The summed E-state index contributed by atoms with van der Waals surface area (Å²) < 4.78 is 19.2. The molecule has 9 heteroatoms. The molecule has 0 saturated carbocycles. The van der Waals surface area contributed by atoms with Crippen molar-refractivity contribution in [1.82, 2.24) is 9.88 Å². The number of rotatable bonds is 9.